The molecule has 1 aliphatic rings. The number of carbonyl (C=O) groups excluding carboxylic acids is 1. The zero-order valence-corrected chi connectivity index (χ0v) is 23.3. The molecule has 4 rings (SSSR count). The molecule has 0 aromatic heterocycles. The first-order valence-electron chi connectivity index (χ1n) is 12.7. The largest absolute Gasteiger partial charge is 0.494 e. The molecule has 11 heteroatoms. The van der Waals surface area contributed by atoms with Crippen LogP contribution in [0.2, 0.25) is 0 Å². The summed E-state index contributed by atoms with van der Waals surface area (Å²) in [5.41, 5.74) is 4.52. The molecule has 1 aliphatic heterocycles. The van der Waals surface area contributed by atoms with E-state index in [9.17, 15) is 18.0 Å². The van der Waals surface area contributed by atoms with Gasteiger partial charge in [-0.05, 0) is 60.5 Å². The van der Waals surface area contributed by atoms with Crippen molar-refractivity contribution in [1.29, 1.82) is 0 Å². The summed E-state index contributed by atoms with van der Waals surface area (Å²) < 4.78 is 52.7. The summed E-state index contributed by atoms with van der Waals surface area (Å²) >= 11 is 3.41. The highest BCUT2D eigenvalue weighted by atomic mass is 79.9. The van der Waals surface area contributed by atoms with Crippen LogP contribution in [0.25, 0.3) is 0 Å². The molecule has 3 N–H and O–H groups in total. The van der Waals surface area contributed by atoms with Crippen LogP contribution in [0.4, 0.5) is 13.2 Å². The Balaban J connectivity index is 1.57. The maximum atomic E-state index is 13.7. The van der Waals surface area contributed by atoms with Gasteiger partial charge in [0.05, 0.1) is 12.2 Å². The van der Waals surface area contributed by atoms with Gasteiger partial charge in [-0.1, -0.05) is 46.3 Å². The molecule has 0 fully saturated rings. The molecule has 0 aliphatic carbocycles. The molecular formula is C29H29BrF3N3O4. The first-order valence-corrected chi connectivity index (χ1v) is 13.4. The number of hydrogen-bond acceptors (Lipinski definition) is 6. The predicted octanol–water partition coefficient (Wildman–Crippen LogP) is 5.20. The molecule has 7 nitrogen and oxygen atoms in total. The molecular weight excluding hydrogens is 591 g/mol. The number of rotatable bonds is 11. The van der Waals surface area contributed by atoms with Gasteiger partial charge in [-0.2, -0.15) is 13.2 Å². The van der Waals surface area contributed by atoms with Crippen molar-refractivity contribution in [1.82, 2.24) is 10.9 Å². The summed E-state index contributed by atoms with van der Waals surface area (Å²) in [6, 6.07) is 19.6. The van der Waals surface area contributed by atoms with Gasteiger partial charge in [-0.15, -0.1) is 0 Å². The molecule has 0 bridgehead atoms. The minimum atomic E-state index is -4.52. The minimum Gasteiger partial charge on any atom is -0.494 e. The van der Waals surface area contributed by atoms with Crippen LogP contribution in [0.3, 0.4) is 0 Å². The topological polar surface area (TPSA) is 92.2 Å². The number of alkyl halides is 3. The molecule has 2 atom stereocenters. The van der Waals surface area contributed by atoms with E-state index in [1.807, 2.05) is 24.3 Å². The lowest BCUT2D eigenvalue weighted by molar-refractivity contribution is -0.138. The van der Waals surface area contributed by atoms with Crippen LogP contribution in [0.15, 0.2) is 82.3 Å². The van der Waals surface area contributed by atoms with Crippen LogP contribution in [0, 0.1) is 0 Å². The van der Waals surface area contributed by atoms with Crippen molar-refractivity contribution >= 4 is 27.7 Å². The second kappa shape index (κ2) is 12.8. The monoisotopic (exact) mass is 619 g/mol. The molecule has 40 heavy (non-hydrogen) atoms. The Bertz CT molecular complexity index is 1330. The lowest BCUT2D eigenvalue weighted by Crippen LogP contribution is -2.55. The normalized spacial score (nSPS) is 18.6. The van der Waals surface area contributed by atoms with Gasteiger partial charge in [0, 0.05) is 36.0 Å². The molecule has 0 unspecified atom stereocenters. The molecule has 0 spiro atoms. The van der Waals surface area contributed by atoms with E-state index in [0.29, 0.717) is 24.3 Å². The quantitative estimate of drug-likeness (QED) is 0.203. The van der Waals surface area contributed by atoms with Crippen molar-refractivity contribution in [2.75, 3.05) is 13.2 Å². The fraction of sp³-hybridized carbons (Fsp3) is 0.310. The maximum absolute atomic E-state index is 13.7. The zero-order chi connectivity index (χ0) is 28.8. The van der Waals surface area contributed by atoms with E-state index < -0.39 is 29.3 Å². The average Bonchev–Trinajstić information content (AvgIpc) is 3.27. The molecule has 3 aromatic carbocycles. The van der Waals surface area contributed by atoms with Crippen LogP contribution in [-0.2, 0) is 28.7 Å². The third-order valence-electron chi connectivity index (χ3n) is 6.52. The second-order valence-electron chi connectivity index (χ2n) is 9.32. The number of hydrogen-bond donors (Lipinski definition) is 3. The highest BCUT2D eigenvalue weighted by Gasteiger charge is 2.50. The number of nitrogens with zero attached hydrogens (tertiary/aromatic N) is 1. The van der Waals surface area contributed by atoms with Crippen LogP contribution < -0.4 is 15.6 Å². The van der Waals surface area contributed by atoms with Crippen molar-refractivity contribution in [3.63, 3.8) is 0 Å². The Kier molecular flexibility index (Phi) is 9.49. The van der Waals surface area contributed by atoms with Crippen molar-refractivity contribution < 1.29 is 32.5 Å². The summed E-state index contributed by atoms with van der Waals surface area (Å²) in [4.78, 5) is 18.4. The number of halogens is 4. The lowest BCUT2D eigenvalue weighted by atomic mass is 9.86. The second-order valence-corrected chi connectivity index (χ2v) is 10.2. The minimum absolute atomic E-state index is 0.00142. The summed E-state index contributed by atoms with van der Waals surface area (Å²) in [6.07, 6.45) is -4.49. The number of aliphatic imine (C=N–C) groups is 1. The fourth-order valence-corrected chi connectivity index (χ4v) is 4.60. The standard InChI is InChI=1S/C29H29BrF3N3O4/c1-19-28(17-20-7-11-23(30)12-8-20,27(38)36-34-18-22-5-2-3-6-25(22)29(31,32)33)35-26(40-19)21-9-13-24(14-10-21)39-16-4-15-37/h2-3,5-14,19,34,37H,4,15-18H2,1H3,(H,36,38)/t19-,28-/m0/s1. The van der Waals surface area contributed by atoms with Gasteiger partial charge in [0.1, 0.15) is 11.9 Å². The smallest absolute Gasteiger partial charge is 0.416 e. The molecule has 0 saturated carbocycles. The van der Waals surface area contributed by atoms with E-state index in [1.165, 1.54) is 18.2 Å². The Morgan fingerprint density at radius 2 is 1.80 bits per heavy atom. The first-order chi connectivity index (χ1) is 19.1. The molecule has 0 saturated heterocycles. The van der Waals surface area contributed by atoms with E-state index in [1.54, 1.807) is 31.2 Å². The summed E-state index contributed by atoms with van der Waals surface area (Å²) in [5, 5.41) is 8.93. The van der Waals surface area contributed by atoms with Gasteiger partial charge >= 0.3 is 6.18 Å². The third-order valence-corrected chi connectivity index (χ3v) is 7.05. The van der Waals surface area contributed by atoms with Crippen LogP contribution in [0.5, 0.6) is 5.75 Å². The highest BCUT2D eigenvalue weighted by Crippen LogP contribution is 2.34. The van der Waals surface area contributed by atoms with Gasteiger partial charge < -0.3 is 14.6 Å². The van der Waals surface area contributed by atoms with Gasteiger partial charge in [0.25, 0.3) is 5.91 Å². The van der Waals surface area contributed by atoms with Gasteiger partial charge in [-0.25, -0.2) is 10.4 Å². The maximum Gasteiger partial charge on any atom is 0.416 e. The van der Waals surface area contributed by atoms with E-state index >= 15 is 0 Å². The Labute approximate surface area is 238 Å². The molecule has 1 amide bonds. The molecule has 3 aromatic rings. The number of benzene rings is 3. The van der Waals surface area contributed by atoms with Crippen LogP contribution >= 0.6 is 15.9 Å². The lowest BCUT2D eigenvalue weighted by Gasteiger charge is -2.28. The van der Waals surface area contributed by atoms with Gasteiger partial charge in [0.2, 0.25) is 5.90 Å². The number of nitrogens with one attached hydrogen (secondary N) is 2. The number of aliphatic hydroxyl groups excluding tert-OH is 1. The Morgan fingerprint density at radius 1 is 1.10 bits per heavy atom. The SMILES string of the molecule is C[C@@H]1OC(c2ccc(OCCCO)cc2)=N[C@]1(Cc1ccc(Br)cc1)C(=O)NNCc1ccccc1C(F)(F)F. The van der Waals surface area contributed by atoms with Crippen molar-refractivity contribution in [3.05, 3.63) is 99.5 Å². The number of carbonyl (C=O) groups is 1. The molecule has 1 heterocycles. The summed E-state index contributed by atoms with van der Waals surface area (Å²) in [6.45, 7) is 1.91. The van der Waals surface area contributed by atoms with Crippen molar-refractivity contribution in [2.45, 2.75) is 44.1 Å². The summed E-state index contributed by atoms with van der Waals surface area (Å²) in [7, 11) is 0. The van der Waals surface area contributed by atoms with Gasteiger partial charge in [-0.3, -0.25) is 10.2 Å². The Hall–Kier alpha value is -3.41. The van der Waals surface area contributed by atoms with Crippen molar-refractivity contribution in [3.8, 4) is 5.75 Å². The molecule has 0 radical (unpaired) electrons. The number of hydrazine groups is 1. The average molecular weight is 620 g/mol. The van der Waals surface area contributed by atoms with Crippen LogP contribution in [0.1, 0.15) is 35.6 Å². The third kappa shape index (κ3) is 7.01. The number of amides is 1. The predicted molar refractivity (Wildman–Crippen MR) is 148 cm³/mol. The fourth-order valence-electron chi connectivity index (χ4n) is 4.34. The van der Waals surface area contributed by atoms with Crippen LogP contribution in [-0.4, -0.2) is 41.8 Å². The van der Waals surface area contributed by atoms with E-state index in [4.69, 9.17) is 19.6 Å². The molecule has 212 valence electrons. The van der Waals surface area contributed by atoms with E-state index in [2.05, 4.69) is 26.8 Å². The van der Waals surface area contributed by atoms with Gasteiger partial charge in [0.15, 0.2) is 5.54 Å². The first kappa shape index (κ1) is 29.6. The zero-order valence-electron chi connectivity index (χ0n) is 21.7. The Morgan fingerprint density at radius 3 is 2.48 bits per heavy atom. The van der Waals surface area contributed by atoms with E-state index in [-0.39, 0.29) is 31.0 Å². The van der Waals surface area contributed by atoms with Crippen molar-refractivity contribution in [2.24, 2.45) is 4.99 Å². The van der Waals surface area contributed by atoms with E-state index in [0.717, 1.165) is 16.1 Å². The number of aliphatic hydroxyl groups is 1. The summed E-state index contributed by atoms with van der Waals surface area (Å²) in [5.74, 6) is 0.349. The highest BCUT2D eigenvalue weighted by molar-refractivity contribution is 9.10. The number of ether oxygens (including phenoxy) is 2.